The van der Waals surface area contributed by atoms with Crippen LogP contribution >= 0.6 is 35.2 Å². The number of amides is 1. The van der Waals surface area contributed by atoms with Gasteiger partial charge in [-0.05, 0) is 80.7 Å². The predicted octanol–water partition coefficient (Wildman–Crippen LogP) is 6.53. The van der Waals surface area contributed by atoms with E-state index in [4.69, 9.17) is 33.5 Å². The Bertz CT molecular complexity index is 1250. The number of hydrogen-bond donors (Lipinski definition) is 2. The first-order valence-corrected chi connectivity index (χ1v) is 11.5. The number of fused-ring (bicyclic) bond motifs is 1. The van der Waals surface area contributed by atoms with Gasteiger partial charge in [0.25, 0.3) is 5.91 Å². The Morgan fingerprint density at radius 3 is 2.56 bits per heavy atom. The van der Waals surface area contributed by atoms with Crippen LogP contribution in [-0.4, -0.2) is 22.1 Å². The monoisotopic (exact) mass is 481 g/mol. The number of carbonyl (C=O) groups excluding carboxylic acids is 1. The van der Waals surface area contributed by atoms with Gasteiger partial charge < -0.3 is 10.1 Å². The highest BCUT2D eigenvalue weighted by Crippen LogP contribution is 2.36. The molecule has 2 N–H and O–H groups in total. The number of nitrogens with zero attached hydrogens (tertiary/aromatic N) is 1. The number of aromatic nitrogens is 1. The molecule has 0 saturated heterocycles. The van der Waals surface area contributed by atoms with E-state index in [0.29, 0.717) is 22.0 Å². The Hall–Kier alpha value is -3.00. The molecule has 32 heavy (non-hydrogen) atoms. The molecule has 162 valence electrons. The second-order valence-corrected chi connectivity index (χ2v) is 9.15. The molecule has 1 heterocycles. The van der Waals surface area contributed by atoms with Gasteiger partial charge in [-0.3, -0.25) is 10.1 Å². The Balaban J connectivity index is 1.50. The third-order valence-corrected chi connectivity index (χ3v) is 5.98. The fourth-order valence-electron chi connectivity index (χ4n) is 3.08. The molecule has 8 heteroatoms. The normalized spacial score (nSPS) is 10.9. The van der Waals surface area contributed by atoms with Crippen LogP contribution in [0.1, 0.15) is 24.2 Å². The van der Waals surface area contributed by atoms with Crippen LogP contribution in [-0.2, 0) is 0 Å². The number of rotatable bonds is 5. The summed E-state index contributed by atoms with van der Waals surface area (Å²) in [6.07, 6.45) is 0.0652. The lowest BCUT2D eigenvalue weighted by Crippen LogP contribution is -2.34. The Kier molecular flexibility index (Phi) is 6.69. The van der Waals surface area contributed by atoms with Crippen molar-refractivity contribution in [2.75, 3.05) is 5.32 Å². The fraction of sp³-hybridized carbons (Fsp3) is 0.125. The number of para-hydroxylation sites is 1. The van der Waals surface area contributed by atoms with Crippen LogP contribution in [0.3, 0.4) is 0 Å². The Morgan fingerprint density at radius 2 is 1.84 bits per heavy atom. The highest BCUT2D eigenvalue weighted by atomic mass is 35.5. The van der Waals surface area contributed by atoms with Crippen molar-refractivity contribution in [2.45, 2.75) is 20.0 Å². The maximum absolute atomic E-state index is 12.6. The summed E-state index contributed by atoms with van der Waals surface area (Å²) in [6.45, 7) is 3.90. The van der Waals surface area contributed by atoms with Gasteiger partial charge in [-0.2, -0.15) is 0 Å². The summed E-state index contributed by atoms with van der Waals surface area (Å²) >= 11 is 13.2. The molecule has 4 rings (SSSR count). The molecule has 0 unspecified atom stereocenters. The van der Waals surface area contributed by atoms with Crippen molar-refractivity contribution in [3.05, 3.63) is 77.3 Å². The van der Waals surface area contributed by atoms with E-state index >= 15 is 0 Å². The SMILES string of the molecule is CC(C)Oc1ccc(C(=O)NC(=S)Nc2ccc(Cl)cc2-c2nc3ccccc3s2)cc1. The first-order valence-electron chi connectivity index (χ1n) is 9.93. The number of nitrogens with one attached hydrogen (secondary N) is 2. The van der Waals surface area contributed by atoms with Crippen LogP contribution in [0.2, 0.25) is 5.02 Å². The average molecular weight is 482 g/mol. The molecule has 1 amide bonds. The zero-order valence-corrected chi connectivity index (χ0v) is 19.8. The molecule has 5 nitrogen and oxygen atoms in total. The number of thiazole rings is 1. The number of halogens is 1. The highest BCUT2D eigenvalue weighted by molar-refractivity contribution is 7.80. The molecule has 4 aromatic rings. The van der Waals surface area contributed by atoms with Gasteiger partial charge in [0.1, 0.15) is 10.8 Å². The van der Waals surface area contributed by atoms with Crippen molar-refractivity contribution >= 4 is 62.1 Å². The first-order chi connectivity index (χ1) is 15.4. The first kappa shape index (κ1) is 22.2. The number of anilines is 1. The van der Waals surface area contributed by atoms with Crippen molar-refractivity contribution in [1.29, 1.82) is 0 Å². The van der Waals surface area contributed by atoms with Crippen molar-refractivity contribution < 1.29 is 9.53 Å². The van der Waals surface area contributed by atoms with Gasteiger partial charge in [-0.1, -0.05) is 23.7 Å². The Labute approximate surface area is 200 Å². The summed E-state index contributed by atoms with van der Waals surface area (Å²) in [6, 6.07) is 20.3. The smallest absolute Gasteiger partial charge is 0.257 e. The van der Waals surface area contributed by atoms with Crippen LogP contribution in [0.5, 0.6) is 5.75 Å². The van der Waals surface area contributed by atoms with E-state index in [1.807, 2.05) is 50.2 Å². The summed E-state index contributed by atoms with van der Waals surface area (Å²) in [4.78, 5) is 17.3. The molecule has 0 aliphatic rings. The lowest BCUT2D eigenvalue weighted by Gasteiger charge is -2.13. The minimum atomic E-state index is -0.311. The molecule has 0 spiro atoms. The maximum Gasteiger partial charge on any atom is 0.257 e. The largest absolute Gasteiger partial charge is 0.491 e. The molecule has 0 bridgehead atoms. The molecule has 0 saturated carbocycles. The quantitative estimate of drug-likeness (QED) is 0.317. The number of hydrogen-bond acceptors (Lipinski definition) is 5. The molecule has 0 aliphatic heterocycles. The average Bonchev–Trinajstić information content (AvgIpc) is 3.19. The Morgan fingerprint density at radius 1 is 1.09 bits per heavy atom. The molecule has 0 fully saturated rings. The van der Waals surface area contributed by atoms with Crippen molar-refractivity contribution in [1.82, 2.24) is 10.3 Å². The van der Waals surface area contributed by atoms with Crippen LogP contribution < -0.4 is 15.4 Å². The third kappa shape index (κ3) is 5.24. The van der Waals surface area contributed by atoms with Crippen LogP contribution in [0.15, 0.2) is 66.7 Å². The second kappa shape index (κ2) is 9.65. The van der Waals surface area contributed by atoms with E-state index in [2.05, 4.69) is 10.6 Å². The zero-order chi connectivity index (χ0) is 22.7. The molecule has 1 aromatic heterocycles. The zero-order valence-electron chi connectivity index (χ0n) is 17.4. The molecule has 3 aromatic carbocycles. The molecular formula is C24H20ClN3O2S2. The molecule has 0 atom stereocenters. The van der Waals surface area contributed by atoms with Gasteiger partial charge in [0.2, 0.25) is 0 Å². The number of carbonyl (C=O) groups is 1. The minimum Gasteiger partial charge on any atom is -0.491 e. The van der Waals surface area contributed by atoms with E-state index in [9.17, 15) is 4.79 Å². The van der Waals surface area contributed by atoms with Crippen LogP contribution in [0.4, 0.5) is 5.69 Å². The van der Waals surface area contributed by atoms with Crippen molar-refractivity contribution in [3.63, 3.8) is 0 Å². The summed E-state index contributed by atoms with van der Waals surface area (Å²) in [7, 11) is 0. The number of thiocarbonyl (C=S) groups is 1. The van der Waals surface area contributed by atoms with Crippen molar-refractivity contribution in [3.8, 4) is 16.3 Å². The van der Waals surface area contributed by atoms with E-state index in [-0.39, 0.29) is 17.1 Å². The lowest BCUT2D eigenvalue weighted by atomic mass is 10.2. The van der Waals surface area contributed by atoms with Gasteiger partial charge in [0.05, 0.1) is 22.0 Å². The highest BCUT2D eigenvalue weighted by Gasteiger charge is 2.14. The van der Waals surface area contributed by atoms with E-state index in [1.165, 1.54) is 0 Å². The number of ether oxygens (including phenoxy) is 1. The summed E-state index contributed by atoms with van der Waals surface area (Å²) in [5.74, 6) is 0.396. The van der Waals surface area contributed by atoms with Gasteiger partial charge in [0.15, 0.2) is 5.11 Å². The van der Waals surface area contributed by atoms with Gasteiger partial charge in [-0.15, -0.1) is 11.3 Å². The third-order valence-electron chi connectivity index (χ3n) is 4.47. The summed E-state index contributed by atoms with van der Waals surface area (Å²) < 4.78 is 6.69. The van der Waals surface area contributed by atoms with Crippen LogP contribution in [0, 0.1) is 0 Å². The predicted molar refractivity (Wildman–Crippen MR) is 136 cm³/mol. The summed E-state index contributed by atoms with van der Waals surface area (Å²) in [5.41, 5.74) is 2.91. The fourth-order valence-corrected chi connectivity index (χ4v) is 4.45. The summed E-state index contributed by atoms with van der Waals surface area (Å²) in [5, 5.41) is 7.40. The van der Waals surface area contributed by atoms with Crippen LogP contribution in [0.25, 0.3) is 20.8 Å². The van der Waals surface area contributed by atoms with E-state index < -0.39 is 0 Å². The minimum absolute atomic E-state index is 0.0652. The van der Waals surface area contributed by atoms with Gasteiger partial charge in [0, 0.05) is 16.1 Å². The van der Waals surface area contributed by atoms with Gasteiger partial charge >= 0.3 is 0 Å². The molecule has 0 radical (unpaired) electrons. The van der Waals surface area contributed by atoms with Gasteiger partial charge in [-0.25, -0.2) is 4.98 Å². The van der Waals surface area contributed by atoms with E-state index in [0.717, 1.165) is 20.8 Å². The second-order valence-electron chi connectivity index (χ2n) is 7.28. The molecular weight excluding hydrogens is 462 g/mol. The standard InChI is InChI=1S/C24H20ClN3O2S2/c1-14(2)30-17-10-7-15(8-11-17)22(29)28-24(31)27-19-12-9-16(25)13-18(19)23-26-20-5-3-4-6-21(20)32-23/h3-14H,1-2H3,(H2,27,28,29,31). The number of benzene rings is 3. The lowest BCUT2D eigenvalue weighted by molar-refractivity contribution is 0.0977. The topological polar surface area (TPSA) is 63.2 Å². The van der Waals surface area contributed by atoms with E-state index in [1.54, 1.807) is 41.7 Å². The maximum atomic E-state index is 12.6. The van der Waals surface area contributed by atoms with Crippen molar-refractivity contribution in [2.24, 2.45) is 0 Å². The molecule has 0 aliphatic carbocycles.